The van der Waals surface area contributed by atoms with Gasteiger partial charge in [0, 0.05) is 40.1 Å². The standard InChI is InChI=1S/C16H23N3S/c1-11(9-13-8-7-12(2)20-13)18-15-5-4-6-16-14(15)10-17-19(16)3/h7-8,10-11,15,18H,4-6,9H2,1-3H3. The van der Waals surface area contributed by atoms with Gasteiger partial charge in [-0.3, -0.25) is 4.68 Å². The summed E-state index contributed by atoms with van der Waals surface area (Å²) in [4.78, 5) is 2.88. The van der Waals surface area contributed by atoms with Crippen LogP contribution in [0.25, 0.3) is 0 Å². The number of nitrogens with one attached hydrogen (secondary N) is 1. The van der Waals surface area contributed by atoms with Gasteiger partial charge in [-0.05, 0) is 51.7 Å². The molecule has 2 aromatic rings. The van der Waals surface area contributed by atoms with Gasteiger partial charge in [-0.15, -0.1) is 11.3 Å². The molecule has 2 atom stereocenters. The summed E-state index contributed by atoms with van der Waals surface area (Å²) in [7, 11) is 2.05. The van der Waals surface area contributed by atoms with E-state index in [0.717, 1.165) is 6.42 Å². The van der Waals surface area contributed by atoms with Crippen molar-refractivity contribution in [2.45, 2.75) is 51.6 Å². The van der Waals surface area contributed by atoms with Gasteiger partial charge in [-0.1, -0.05) is 0 Å². The van der Waals surface area contributed by atoms with E-state index in [-0.39, 0.29) is 0 Å². The van der Waals surface area contributed by atoms with Gasteiger partial charge in [-0.25, -0.2) is 0 Å². The van der Waals surface area contributed by atoms with Crippen molar-refractivity contribution in [1.29, 1.82) is 0 Å². The van der Waals surface area contributed by atoms with E-state index in [0.29, 0.717) is 12.1 Å². The molecule has 20 heavy (non-hydrogen) atoms. The van der Waals surface area contributed by atoms with Gasteiger partial charge < -0.3 is 5.32 Å². The molecule has 1 aliphatic rings. The van der Waals surface area contributed by atoms with Crippen molar-refractivity contribution in [1.82, 2.24) is 15.1 Å². The van der Waals surface area contributed by atoms with E-state index >= 15 is 0 Å². The van der Waals surface area contributed by atoms with Crippen molar-refractivity contribution in [3.05, 3.63) is 39.3 Å². The zero-order valence-corrected chi connectivity index (χ0v) is 13.3. The Morgan fingerprint density at radius 1 is 1.50 bits per heavy atom. The Kier molecular flexibility index (Phi) is 3.94. The van der Waals surface area contributed by atoms with Gasteiger partial charge in [0.1, 0.15) is 0 Å². The fourth-order valence-corrected chi connectivity index (χ4v) is 4.20. The molecule has 0 spiro atoms. The van der Waals surface area contributed by atoms with Crippen LogP contribution in [0.3, 0.4) is 0 Å². The predicted octanol–water partition coefficient (Wildman–Crippen LogP) is 3.39. The van der Waals surface area contributed by atoms with Crippen LogP contribution in [-0.2, 0) is 19.9 Å². The second kappa shape index (κ2) is 5.70. The lowest BCUT2D eigenvalue weighted by molar-refractivity contribution is 0.404. The van der Waals surface area contributed by atoms with Crippen LogP contribution in [0.1, 0.15) is 46.8 Å². The van der Waals surface area contributed by atoms with Crippen LogP contribution in [0.2, 0.25) is 0 Å². The fraction of sp³-hybridized carbons (Fsp3) is 0.562. The van der Waals surface area contributed by atoms with Crippen LogP contribution in [0.5, 0.6) is 0 Å². The van der Waals surface area contributed by atoms with E-state index in [9.17, 15) is 0 Å². The smallest absolute Gasteiger partial charge is 0.0540 e. The molecule has 0 aliphatic heterocycles. The average molecular weight is 289 g/mol. The van der Waals surface area contributed by atoms with E-state index in [1.54, 1.807) is 0 Å². The Labute approximate surface area is 125 Å². The zero-order valence-electron chi connectivity index (χ0n) is 12.5. The highest BCUT2D eigenvalue weighted by Crippen LogP contribution is 2.30. The number of nitrogens with zero attached hydrogens (tertiary/aromatic N) is 2. The summed E-state index contributed by atoms with van der Waals surface area (Å²) in [6, 6.07) is 5.45. The van der Waals surface area contributed by atoms with Crippen molar-refractivity contribution >= 4 is 11.3 Å². The van der Waals surface area contributed by atoms with Crippen molar-refractivity contribution in [2.24, 2.45) is 7.05 Å². The molecule has 0 bridgehead atoms. The molecule has 0 saturated heterocycles. The molecule has 0 aromatic carbocycles. The van der Waals surface area contributed by atoms with Crippen molar-refractivity contribution < 1.29 is 0 Å². The minimum absolute atomic E-state index is 0.475. The first kappa shape index (κ1) is 13.8. The summed E-state index contributed by atoms with van der Waals surface area (Å²) in [6.45, 7) is 4.47. The number of aromatic nitrogens is 2. The Morgan fingerprint density at radius 2 is 2.35 bits per heavy atom. The summed E-state index contributed by atoms with van der Waals surface area (Å²) in [6.07, 6.45) is 6.82. The minimum atomic E-state index is 0.475. The highest BCUT2D eigenvalue weighted by atomic mass is 32.1. The van der Waals surface area contributed by atoms with Crippen LogP contribution < -0.4 is 5.32 Å². The van der Waals surface area contributed by atoms with Gasteiger partial charge in [0.25, 0.3) is 0 Å². The van der Waals surface area contributed by atoms with E-state index in [1.165, 1.54) is 40.3 Å². The molecule has 108 valence electrons. The molecule has 1 N–H and O–H groups in total. The summed E-state index contributed by atoms with van der Waals surface area (Å²) < 4.78 is 2.04. The highest BCUT2D eigenvalue weighted by molar-refractivity contribution is 7.11. The molecule has 4 heteroatoms. The monoisotopic (exact) mass is 289 g/mol. The van der Waals surface area contributed by atoms with Crippen LogP contribution in [-0.4, -0.2) is 15.8 Å². The lowest BCUT2D eigenvalue weighted by Crippen LogP contribution is -2.33. The second-order valence-corrected chi connectivity index (χ2v) is 7.27. The maximum Gasteiger partial charge on any atom is 0.0540 e. The fourth-order valence-electron chi connectivity index (χ4n) is 3.18. The molecule has 3 rings (SSSR count). The molecule has 0 saturated carbocycles. The minimum Gasteiger partial charge on any atom is -0.307 e. The van der Waals surface area contributed by atoms with Gasteiger partial charge in [0.2, 0.25) is 0 Å². The quantitative estimate of drug-likeness (QED) is 0.935. The van der Waals surface area contributed by atoms with Crippen LogP contribution in [0, 0.1) is 6.92 Å². The van der Waals surface area contributed by atoms with E-state index in [2.05, 4.69) is 43.4 Å². The molecule has 1 aliphatic carbocycles. The summed E-state index contributed by atoms with van der Waals surface area (Å²) in [5.74, 6) is 0. The first-order valence-corrected chi connectivity index (χ1v) is 8.27. The molecule has 0 amide bonds. The summed E-state index contributed by atoms with van der Waals surface area (Å²) in [5, 5.41) is 8.22. The Morgan fingerprint density at radius 3 is 3.10 bits per heavy atom. The number of thiophene rings is 1. The van der Waals surface area contributed by atoms with Crippen LogP contribution in [0.15, 0.2) is 18.3 Å². The van der Waals surface area contributed by atoms with Gasteiger partial charge >= 0.3 is 0 Å². The summed E-state index contributed by atoms with van der Waals surface area (Å²) in [5.41, 5.74) is 2.82. The third kappa shape index (κ3) is 2.81. The molecule has 0 radical (unpaired) electrons. The molecule has 2 unspecified atom stereocenters. The zero-order chi connectivity index (χ0) is 14.1. The average Bonchev–Trinajstić information content (AvgIpc) is 2.98. The third-order valence-corrected chi connectivity index (χ3v) is 5.19. The normalized spacial score (nSPS) is 19.9. The molecule has 0 fully saturated rings. The van der Waals surface area contributed by atoms with Gasteiger partial charge in [-0.2, -0.15) is 5.10 Å². The number of fused-ring (bicyclic) bond motifs is 1. The molecule has 3 nitrogen and oxygen atoms in total. The summed E-state index contributed by atoms with van der Waals surface area (Å²) >= 11 is 1.91. The first-order valence-electron chi connectivity index (χ1n) is 7.45. The van der Waals surface area contributed by atoms with Crippen LogP contribution in [0.4, 0.5) is 0 Å². The van der Waals surface area contributed by atoms with Crippen molar-refractivity contribution in [3.63, 3.8) is 0 Å². The number of rotatable bonds is 4. The predicted molar refractivity (Wildman–Crippen MR) is 84.2 cm³/mol. The SMILES string of the molecule is Cc1ccc(CC(C)NC2CCCc3c2cnn3C)s1. The number of hydrogen-bond acceptors (Lipinski definition) is 3. The third-order valence-electron chi connectivity index (χ3n) is 4.16. The number of aryl methyl sites for hydroxylation is 2. The number of hydrogen-bond donors (Lipinski definition) is 1. The van der Waals surface area contributed by atoms with Crippen molar-refractivity contribution in [2.75, 3.05) is 0 Å². The van der Waals surface area contributed by atoms with Gasteiger partial charge in [0.05, 0.1) is 6.20 Å². The van der Waals surface area contributed by atoms with Crippen LogP contribution >= 0.6 is 11.3 Å². The Hall–Kier alpha value is -1.13. The van der Waals surface area contributed by atoms with E-state index in [1.807, 2.05) is 22.2 Å². The largest absolute Gasteiger partial charge is 0.307 e. The molecular formula is C16H23N3S. The lowest BCUT2D eigenvalue weighted by Gasteiger charge is -2.27. The maximum atomic E-state index is 4.42. The highest BCUT2D eigenvalue weighted by Gasteiger charge is 2.24. The second-order valence-electron chi connectivity index (χ2n) is 5.90. The van der Waals surface area contributed by atoms with Gasteiger partial charge in [0.15, 0.2) is 0 Å². The molecule has 2 heterocycles. The lowest BCUT2D eigenvalue weighted by atomic mass is 9.92. The Bertz CT molecular complexity index is 584. The maximum absolute atomic E-state index is 4.42. The molecule has 2 aromatic heterocycles. The van der Waals surface area contributed by atoms with E-state index < -0.39 is 0 Å². The topological polar surface area (TPSA) is 29.9 Å². The van der Waals surface area contributed by atoms with Crippen molar-refractivity contribution in [3.8, 4) is 0 Å². The van der Waals surface area contributed by atoms with E-state index in [4.69, 9.17) is 0 Å². The molecular weight excluding hydrogens is 266 g/mol. The first-order chi connectivity index (χ1) is 9.63. The Balaban J connectivity index is 1.66.